The molecule has 4 saturated carbocycles. The molecule has 6 fully saturated rings. The van der Waals surface area contributed by atoms with Crippen molar-refractivity contribution in [3.63, 3.8) is 0 Å². The first-order chi connectivity index (χ1) is 30.3. The molecule has 4 amide bonds. The van der Waals surface area contributed by atoms with Gasteiger partial charge < -0.3 is 39.4 Å². The minimum Gasteiger partial charge on any atom is -0.543 e. The number of nitrogens with one attached hydrogen (secondary N) is 2. The molecule has 2 saturated heterocycles. The Labute approximate surface area is 420 Å². The summed E-state index contributed by atoms with van der Waals surface area (Å²) in [5, 5.41) is 6.96. The molecule has 1 aromatic heterocycles. The van der Waals surface area contributed by atoms with E-state index in [1.54, 1.807) is 6.92 Å². The number of hydrogen-bond acceptors (Lipinski definition) is 11. The molecule has 1 aromatic carbocycles. The first-order valence-electron chi connectivity index (χ1n) is 23.5. The van der Waals surface area contributed by atoms with Gasteiger partial charge in [-0.05, 0) is 95.2 Å². The third kappa shape index (κ3) is 10.1. The van der Waals surface area contributed by atoms with Crippen molar-refractivity contribution in [2.24, 2.45) is 17.8 Å². The van der Waals surface area contributed by atoms with Crippen molar-refractivity contribution in [3.05, 3.63) is 52.8 Å². The van der Waals surface area contributed by atoms with E-state index in [9.17, 15) is 22.8 Å². The maximum absolute atomic E-state index is 15.1. The van der Waals surface area contributed by atoms with Crippen LogP contribution in [0.3, 0.4) is 0 Å². The van der Waals surface area contributed by atoms with Crippen molar-refractivity contribution in [2.45, 2.75) is 144 Å². The van der Waals surface area contributed by atoms with E-state index in [0.29, 0.717) is 18.7 Å². The zero-order valence-electron chi connectivity index (χ0n) is 37.9. The van der Waals surface area contributed by atoms with Crippen LogP contribution in [0.1, 0.15) is 108 Å². The third-order valence-electron chi connectivity index (χ3n) is 15.3. The van der Waals surface area contributed by atoms with Gasteiger partial charge in [-0.1, -0.05) is 56.4 Å². The van der Waals surface area contributed by atoms with Crippen LogP contribution in [0.5, 0.6) is 5.88 Å². The molecule has 0 radical (unpaired) electrons. The van der Waals surface area contributed by atoms with Gasteiger partial charge in [0.05, 0.1) is 28.3 Å². The van der Waals surface area contributed by atoms with Gasteiger partial charge in [-0.2, -0.15) is 0 Å². The molecule has 7 atom stereocenters. The van der Waals surface area contributed by atoms with E-state index in [1.807, 2.05) is 18.2 Å². The van der Waals surface area contributed by atoms with Crippen molar-refractivity contribution >= 4 is 44.7 Å². The van der Waals surface area contributed by atoms with E-state index >= 15 is 4.79 Å². The molecule has 2 aromatic rings. The number of sulfonamides is 1. The molecular weight excluding hydrogens is 862 g/mol. The maximum Gasteiger partial charge on any atom is 1.00 e. The molecule has 15 nitrogen and oxygen atoms in total. The van der Waals surface area contributed by atoms with Gasteiger partial charge in [-0.25, -0.2) is 18.2 Å². The summed E-state index contributed by atoms with van der Waals surface area (Å²) in [5.74, 6) is -1.88. The number of likely N-dealkylation sites (N-methyl/N-ethyl adjacent to an activating group) is 1. The molecule has 0 spiro atoms. The molecule has 64 heavy (non-hydrogen) atoms. The summed E-state index contributed by atoms with van der Waals surface area (Å²) in [4.78, 5) is 68.8. The van der Waals surface area contributed by atoms with E-state index in [0.717, 1.165) is 120 Å². The molecule has 4 aliphatic carbocycles. The average Bonchev–Trinajstić information content (AvgIpc) is 4.23. The molecule has 17 heteroatoms. The van der Waals surface area contributed by atoms with Crippen molar-refractivity contribution < 1.29 is 88.5 Å². The van der Waals surface area contributed by atoms with Crippen molar-refractivity contribution in [1.29, 1.82) is 0 Å². The number of alkyl carbamates (subject to hydrolysis) is 1. The standard InChI is InChI=1S/C47H65N7O8S.K/c1-4-32-27-47(32,44(57)51-63(59,60)46(2)19-20-46)50-41(55)38-26-33-28-54(38)43(56)40(30-13-7-5-8-14-30)49-45(58)62-39-25-31(39)15-9-6-10-17-35-36(29-53-23-21-52(3)22-24-53)34-16-11-12-18-37(34)48-42(35)61-33;/h4,11-12,16,18,30-33,38-40H,1,5-10,13-15,17,19-29H2,2-3H3,(H3,49,50,51,55,57,58);/q;+1/p-1/t31-,32-,33-,38+,39-,40+,47-;/m1./s1. The number of benzene rings is 1. The minimum absolute atomic E-state index is 0. The quantitative estimate of drug-likeness (QED) is 0.279. The Balaban J connectivity index is 0.00000560. The Morgan fingerprint density at radius 2 is 1.69 bits per heavy atom. The Hall–Kier alpha value is -2.64. The van der Waals surface area contributed by atoms with Crippen LogP contribution in [0, 0.1) is 17.8 Å². The predicted octanol–water partition coefficient (Wildman–Crippen LogP) is 2.36. The zero-order valence-corrected chi connectivity index (χ0v) is 41.8. The molecule has 4 heterocycles. The number of ether oxygens (including phenoxy) is 2. The number of para-hydroxylation sites is 1. The van der Waals surface area contributed by atoms with Crippen molar-refractivity contribution in [3.8, 4) is 5.88 Å². The molecule has 2 N–H and O–H groups in total. The number of hydrogen-bond donors (Lipinski definition) is 2. The fraction of sp³-hybridized carbons (Fsp3) is 0.681. The van der Waals surface area contributed by atoms with Crippen LogP contribution < -0.4 is 66.8 Å². The Bertz CT molecular complexity index is 2230. The van der Waals surface area contributed by atoms with Gasteiger partial charge in [0.15, 0.2) is 0 Å². The minimum atomic E-state index is -4.12. The third-order valence-corrected chi connectivity index (χ3v) is 17.3. The largest absolute Gasteiger partial charge is 1.00 e. The van der Waals surface area contributed by atoms with Crippen LogP contribution in [0.4, 0.5) is 4.79 Å². The second-order valence-electron chi connectivity index (χ2n) is 19.8. The maximum atomic E-state index is 15.1. The average molecular weight is 926 g/mol. The first kappa shape index (κ1) is 47.8. The van der Waals surface area contributed by atoms with Gasteiger partial charge in [0.1, 0.15) is 34.3 Å². The van der Waals surface area contributed by atoms with Crippen LogP contribution in [0.15, 0.2) is 36.9 Å². The normalized spacial score (nSPS) is 31.3. The monoisotopic (exact) mass is 925 g/mol. The Kier molecular flexibility index (Phi) is 14.6. The number of pyridine rings is 1. The molecule has 342 valence electrons. The Morgan fingerprint density at radius 3 is 2.39 bits per heavy atom. The summed E-state index contributed by atoms with van der Waals surface area (Å²) >= 11 is 0. The van der Waals surface area contributed by atoms with Gasteiger partial charge in [-0.15, -0.1) is 6.58 Å². The first-order valence-corrected chi connectivity index (χ1v) is 24.9. The van der Waals surface area contributed by atoms with E-state index in [4.69, 9.17) is 14.5 Å². The fourth-order valence-electron chi connectivity index (χ4n) is 10.5. The summed E-state index contributed by atoms with van der Waals surface area (Å²) < 4.78 is 41.9. The van der Waals surface area contributed by atoms with Crippen molar-refractivity contribution in [1.82, 2.24) is 30.3 Å². The second-order valence-corrected chi connectivity index (χ2v) is 22.0. The van der Waals surface area contributed by atoms with Gasteiger partial charge >= 0.3 is 57.5 Å². The van der Waals surface area contributed by atoms with E-state index in [-0.39, 0.29) is 88.7 Å². The number of amides is 4. The number of aromatic nitrogens is 1. The van der Waals surface area contributed by atoms with E-state index < -0.39 is 68.2 Å². The molecule has 2 bridgehead atoms. The van der Waals surface area contributed by atoms with Crippen molar-refractivity contribution in [2.75, 3.05) is 39.8 Å². The summed E-state index contributed by atoms with van der Waals surface area (Å²) in [6.45, 7) is 10.0. The van der Waals surface area contributed by atoms with Gasteiger partial charge in [-0.3, -0.25) is 14.5 Å². The van der Waals surface area contributed by atoms with Crippen LogP contribution in [-0.4, -0.2) is 126 Å². The molecule has 3 aliphatic heterocycles. The van der Waals surface area contributed by atoms with Crippen LogP contribution in [-0.2, 0) is 42.1 Å². The SMILES string of the molecule is C=C[C@@H]1C[C@]1(NC(=O)[C@@H]1C[C@@H]2CN1C(=O)[C@H](C1CCCCC1)NC(=O)O[C@@H]1C[C@H]1CCCCCc1c(nc3ccccc3c1CN1CCN(C)CC1)O2)C(=O)[N-]S(=O)(=O)C1(C)CC1.[K+]. The Morgan fingerprint density at radius 1 is 0.984 bits per heavy atom. The number of carbonyl (C=O) groups is 4. The number of fused-ring (bicyclic) bond motifs is 5. The van der Waals surface area contributed by atoms with Gasteiger partial charge in [0, 0.05) is 56.0 Å². The van der Waals surface area contributed by atoms with E-state index in [2.05, 4.69) is 44.8 Å². The van der Waals surface area contributed by atoms with Crippen LogP contribution in [0.2, 0.25) is 0 Å². The van der Waals surface area contributed by atoms with E-state index in [1.165, 1.54) is 16.5 Å². The smallest absolute Gasteiger partial charge is 0.543 e. The zero-order chi connectivity index (χ0) is 44.1. The number of nitrogens with zero attached hydrogens (tertiary/aromatic N) is 5. The summed E-state index contributed by atoms with van der Waals surface area (Å²) in [5.41, 5.74) is 1.44. The molecule has 9 rings (SSSR count). The topological polar surface area (TPSA) is 182 Å². The number of piperazine rings is 1. The summed E-state index contributed by atoms with van der Waals surface area (Å²) in [6, 6.07) is 6.11. The number of carbonyl (C=O) groups excluding carboxylic acids is 4. The van der Waals surface area contributed by atoms with Crippen LogP contribution in [0.25, 0.3) is 15.6 Å². The summed E-state index contributed by atoms with van der Waals surface area (Å²) in [6.07, 6.45) is 10.8. The fourth-order valence-corrected chi connectivity index (χ4v) is 11.7. The van der Waals surface area contributed by atoms with Gasteiger partial charge in [0.2, 0.25) is 17.7 Å². The summed E-state index contributed by atoms with van der Waals surface area (Å²) in [7, 11) is -1.97. The molecular formula is C47H64KN7O8S. The van der Waals surface area contributed by atoms with Crippen LogP contribution >= 0.6 is 0 Å². The van der Waals surface area contributed by atoms with Gasteiger partial charge in [0.25, 0.3) is 0 Å². The molecule has 0 unspecified atom stereocenters. The second kappa shape index (κ2) is 19.5. The number of rotatable bonds is 9. The predicted molar refractivity (Wildman–Crippen MR) is 237 cm³/mol. The molecule has 7 aliphatic rings.